The fraction of sp³-hybridized carbons (Fsp3) is 0.429. The Morgan fingerprint density at radius 1 is 1.24 bits per heavy atom. The van der Waals surface area contributed by atoms with E-state index in [4.69, 9.17) is 4.74 Å². The van der Waals surface area contributed by atoms with Gasteiger partial charge >= 0.3 is 0 Å². The van der Waals surface area contributed by atoms with Crippen LogP contribution >= 0.6 is 0 Å². The van der Waals surface area contributed by atoms with Gasteiger partial charge in [-0.15, -0.1) is 0 Å². The average molecular weight is 232 g/mol. The number of aromatic nitrogens is 1. The molecule has 0 fully saturated rings. The molecule has 0 bridgehead atoms. The number of unbranched alkanes of at least 4 members (excludes halogenated alkanes) is 1. The van der Waals surface area contributed by atoms with E-state index in [0.29, 0.717) is 0 Å². The molecule has 3 nitrogen and oxygen atoms in total. The standard InChI is InChI=1S/C14H20N2O/c1-17-10-3-2-8-15-11-12-5-4-6-14-13(12)7-9-16-14/h4-7,9,15-16H,2-3,8,10-11H2,1H3. The van der Waals surface area contributed by atoms with Gasteiger partial charge in [-0.25, -0.2) is 0 Å². The first-order valence-electron chi connectivity index (χ1n) is 6.16. The smallest absolute Gasteiger partial charge is 0.0462 e. The number of nitrogens with one attached hydrogen (secondary N) is 2. The highest BCUT2D eigenvalue weighted by molar-refractivity contribution is 5.82. The number of aromatic amines is 1. The Morgan fingerprint density at radius 2 is 2.18 bits per heavy atom. The van der Waals surface area contributed by atoms with Gasteiger partial charge in [-0.2, -0.15) is 0 Å². The first-order chi connectivity index (χ1) is 8.42. The molecule has 3 heteroatoms. The number of ether oxygens (including phenoxy) is 1. The molecule has 0 amide bonds. The van der Waals surface area contributed by atoms with Gasteiger partial charge < -0.3 is 15.0 Å². The Bertz CT molecular complexity index is 450. The maximum atomic E-state index is 5.02. The topological polar surface area (TPSA) is 37.0 Å². The van der Waals surface area contributed by atoms with Crippen molar-refractivity contribution >= 4 is 10.9 Å². The number of benzene rings is 1. The first-order valence-corrected chi connectivity index (χ1v) is 6.16. The molecule has 92 valence electrons. The number of methoxy groups -OCH3 is 1. The lowest BCUT2D eigenvalue weighted by molar-refractivity contribution is 0.192. The second-order valence-corrected chi connectivity index (χ2v) is 4.23. The van der Waals surface area contributed by atoms with Crippen molar-refractivity contribution in [2.45, 2.75) is 19.4 Å². The maximum absolute atomic E-state index is 5.02. The third kappa shape index (κ3) is 3.32. The molecule has 17 heavy (non-hydrogen) atoms. The Balaban J connectivity index is 1.80. The Labute approximate surface area is 102 Å². The molecule has 0 radical (unpaired) electrons. The summed E-state index contributed by atoms with van der Waals surface area (Å²) in [6.07, 6.45) is 4.28. The van der Waals surface area contributed by atoms with Crippen LogP contribution in [0.1, 0.15) is 18.4 Å². The fourth-order valence-corrected chi connectivity index (χ4v) is 2.02. The summed E-state index contributed by atoms with van der Waals surface area (Å²) in [5.41, 5.74) is 2.57. The molecular formula is C14H20N2O. The van der Waals surface area contributed by atoms with Crippen LogP contribution in [0.2, 0.25) is 0 Å². The van der Waals surface area contributed by atoms with Gasteiger partial charge in [0, 0.05) is 37.4 Å². The van der Waals surface area contributed by atoms with E-state index in [2.05, 4.69) is 34.6 Å². The van der Waals surface area contributed by atoms with E-state index in [-0.39, 0.29) is 0 Å². The summed E-state index contributed by atoms with van der Waals surface area (Å²) in [7, 11) is 1.75. The van der Waals surface area contributed by atoms with E-state index < -0.39 is 0 Å². The highest BCUT2D eigenvalue weighted by Gasteiger charge is 2.00. The molecular weight excluding hydrogens is 212 g/mol. The van der Waals surface area contributed by atoms with Crippen molar-refractivity contribution in [3.8, 4) is 0 Å². The highest BCUT2D eigenvalue weighted by Crippen LogP contribution is 2.16. The van der Waals surface area contributed by atoms with Crippen LogP contribution in [0, 0.1) is 0 Å². The zero-order valence-electron chi connectivity index (χ0n) is 10.3. The molecule has 2 N–H and O–H groups in total. The van der Waals surface area contributed by atoms with E-state index in [9.17, 15) is 0 Å². The van der Waals surface area contributed by atoms with Gasteiger partial charge in [0.1, 0.15) is 0 Å². The number of rotatable bonds is 7. The van der Waals surface area contributed by atoms with Crippen LogP contribution < -0.4 is 5.32 Å². The molecule has 0 atom stereocenters. The number of H-pyrrole nitrogens is 1. The van der Waals surface area contributed by atoms with Gasteiger partial charge in [0.25, 0.3) is 0 Å². The number of hydrogen-bond acceptors (Lipinski definition) is 2. The van der Waals surface area contributed by atoms with Gasteiger partial charge in [0.2, 0.25) is 0 Å². The second kappa shape index (κ2) is 6.42. The zero-order chi connectivity index (χ0) is 11.9. The van der Waals surface area contributed by atoms with E-state index in [1.807, 2.05) is 6.20 Å². The monoisotopic (exact) mass is 232 g/mol. The van der Waals surface area contributed by atoms with Crippen molar-refractivity contribution in [2.75, 3.05) is 20.3 Å². The van der Waals surface area contributed by atoms with Crippen LogP contribution in [-0.4, -0.2) is 25.2 Å². The lowest BCUT2D eigenvalue weighted by Gasteiger charge is -2.06. The first kappa shape index (κ1) is 12.1. The summed E-state index contributed by atoms with van der Waals surface area (Å²) in [6.45, 7) is 2.83. The summed E-state index contributed by atoms with van der Waals surface area (Å²) in [4.78, 5) is 3.23. The second-order valence-electron chi connectivity index (χ2n) is 4.23. The Morgan fingerprint density at radius 3 is 3.06 bits per heavy atom. The van der Waals surface area contributed by atoms with Gasteiger partial charge in [0.05, 0.1) is 0 Å². The van der Waals surface area contributed by atoms with Crippen LogP contribution in [0.4, 0.5) is 0 Å². The largest absolute Gasteiger partial charge is 0.385 e. The van der Waals surface area contributed by atoms with E-state index in [1.165, 1.54) is 16.5 Å². The molecule has 0 aliphatic heterocycles. The zero-order valence-corrected chi connectivity index (χ0v) is 10.3. The SMILES string of the molecule is COCCCCNCc1cccc2[nH]ccc12. The van der Waals surface area contributed by atoms with E-state index in [0.717, 1.165) is 32.5 Å². The van der Waals surface area contributed by atoms with Crippen LogP contribution in [0.25, 0.3) is 10.9 Å². The minimum absolute atomic E-state index is 0.856. The van der Waals surface area contributed by atoms with Crippen molar-refractivity contribution in [1.29, 1.82) is 0 Å². The summed E-state index contributed by atoms with van der Waals surface area (Å²) < 4.78 is 5.02. The van der Waals surface area contributed by atoms with Crippen LogP contribution in [0.3, 0.4) is 0 Å². The predicted octanol–water partition coefficient (Wildman–Crippen LogP) is 2.68. The van der Waals surface area contributed by atoms with Gasteiger partial charge in [-0.3, -0.25) is 0 Å². The summed E-state index contributed by atoms with van der Waals surface area (Å²) in [6, 6.07) is 8.52. The summed E-state index contributed by atoms with van der Waals surface area (Å²) in [5.74, 6) is 0. The predicted molar refractivity (Wildman–Crippen MR) is 71.1 cm³/mol. The van der Waals surface area contributed by atoms with Gasteiger partial charge in [-0.05, 0) is 37.1 Å². The number of fused-ring (bicyclic) bond motifs is 1. The molecule has 0 spiro atoms. The molecule has 0 saturated heterocycles. The number of hydrogen-bond donors (Lipinski definition) is 2. The molecule has 1 aromatic carbocycles. The molecule has 0 unspecified atom stereocenters. The lowest BCUT2D eigenvalue weighted by atomic mass is 10.1. The lowest BCUT2D eigenvalue weighted by Crippen LogP contribution is -2.15. The van der Waals surface area contributed by atoms with Crippen molar-refractivity contribution < 1.29 is 4.74 Å². The van der Waals surface area contributed by atoms with Crippen molar-refractivity contribution in [3.05, 3.63) is 36.0 Å². The van der Waals surface area contributed by atoms with Crippen LogP contribution in [0.5, 0.6) is 0 Å². The molecule has 1 aromatic heterocycles. The fourth-order valence-electron chi connectivity index (χ4n) is 2.02. The quantitative estimate of drug-likeness (QED) is 0.720. The van der Waals surface area contributed by atoms with Crippen molar-refractivity contribution in [1.82, 2.24) is 10.3 Å². The molecule has 0 aliphatic rings. The van der Waals surface area contributed by atoms with Crippen LogP contribution in [0.15, 0.2) is 30.5 Å². The normalized spacial score (nSPS) is 11.1. The average Bonchev–Trinajstić information content (AvgIpc) is 2.82. The van der Waals surface area contributed by atoms with E-state index >= 15 is 0 Å². The third-order valence-electron chi connectivity index (χ3n) is 2.95. The molecule has 1 heterocycles. The molecule has 2 aromatic rings. The van der Waals surface area contributed by atoms with Gasteiger partial charge in [0.15, 0.2) is 0 Å². The minimum Gasteiger partial charge on any atom is -0.385 e. The maximum Gasteiger partial charge on any atom is 0.0462 e. The molecule has 2 rings (SSSR count). The summed E-state index contributed by atoms with van der Waals surface area (Å²) >= 11 is 0. The molecule has 0 saturated carbocycles. The minimum atomic E-state index is 0.856. The molecule has 0 aliphatic carbocycles. The van der Waals surface area contributed by atoms with Crippen molar-refractivity contribution in [2.24, 2.45) is 0 Å². The summed E-state index contributed by atoms with van der Waals surface area (Å²) in [5, 5.41) is 4.79. The van der Waals surface area contributed by atoms with Crippen molar-refractivity contribution in [3.63, 3.8) is 0 Å². The Hall–Kier alpha value is -1.32. The Kier molecular flexibility index (Phi) is 4.59. The van der Waals surface area contributed by atoms with E-state index in [1.54, 1.807) is 7.11 Å². The third-order valence-corrected chi connectivity index (χ3v) is 2.95. The van der Waals surface area contributed by atoms with Gasteiger partial charge in [-0.1, -0.05) is 12.1 Å². The highest BCUT2D eigenvalue weighted by atomic mass is 16.5. The van der Waals surface area contributed by atoms with Crippen LogP contribution in [-0.2, 0) is 11.3 Å².